The van der Waals surface area contributed by atoms with E-state index in [1.165, 1.54) is 25.0 Å². The molecule has 2 aliphatic heterocycles. The number of nitrogens with two attached hydrogens (primary N) is 1. The largest absolute Gasteiger partial charge is 0.384 e. The normalized spacial score (nSPS) is 30.2. The molecule has 2 fully saturated rings. The summed E-state index contributed by atoms with van der Waals surface area (Å²) in [5.41, 5.74) is 9.15. The van der Waals surface area contributed by atoms with E-state index in [0.29, 0.717) is 29.5 Å². The molecule has 0 spiro atoms. The molecule has 0 aliphatic carbocycles. The van der Waals surface area contributed by atoms with Crippen molar-refractivity contribution in [2.24, 2.45) is 0 Å². The first-order valence-electron chi connectivity index (χ1n) is 7.63. The van der Waals surface area contributed by atoms with Crippen LogP contribution in [-0.2, 0) is 0 Å². The van der Waals surface area contributed by atoms with Gasteiger partial charge in [0, 0.05) is 23.8 Å². The second kappa shape index (κ2) is 4.82. The number of aromatic nitrogens is 1. The Morgan fingerprint density at radius 3 is 2.25 bits per heavy atom. The lowest BCUT2D eigenvalue weighted by atomic mass is 9.82. The van der Waals surface area contributed by atoms with E-state index in [0.717, 1.165) is 18.4 Å². The summed E-state index contributed by atoms with van der Waals surface area (Å²) in [5, 5.41) is 9.29. The number of nitrogens with zero attached hydrogens (tertiary/aromatic N) is 3. The van der Waals surface area contributed by atoms with Gasteiger partial charge in [0.15, 0.2) is 0 Å². The van der Waals surface area contributed by atoms with E-state index in [2.05, 4.69) is 29.5 Å². The van der Waals surface area contributed by atoms with Crippen molar-refractivity contribution in [2.75, 3.05) is 12.8 Å². The molecule has 3 rings (SSSR count). The summed E-state index contributed by atoms with van der Waals surface area (Å²) in [6, 6.07) is 4.09. The molecule has 2 aliphatic rings. The lowest BCUT2D eigenvalue weighted by Gasteiger charge is -2.47. The Hall–Kier alpha value is -1.47. The third kappa shape index (κ3) is 1.84. The van der Waals surface area contributed by atoms with Gasteiger partial charge in [0.25, 0.3) is 0 Å². The van der Waals surface area contributed by atoms with Gasteiger partial charge in [-0.25, -0.2) is 0 Å². The first kappa shape index (κ1) is 13.5. The summed E-state index contributed by atoms with van der Waals surface area (Å²) in [5.74, 6) is 0.676. The summed E-state index contributed by atoms with van der Waals surface area (Å²) in [7, 11) is 2.27. The third-order valence-corrected chi connectivity index (χ3v) is 5.59. The quantitative estimate of drug-likeness (QED) is 0.855. The van der Waals surface area contributed by atoms with E-state index < -0.39 is 0 Å². The molecule has 1 aromatic heterocycles. The molecule has 2 saturated heterocycles. The Morgan fingerprint density at radius 1 is 1.15 bits per heavy atom. The fraction of sp³-hybridized carbons (Fsp3) is 0.688. The predicted octanol–water partition coefficient (Wildman–Crippen LogP) is 2.75. The van der Waals surface area contributed by atoms with Crippen molar-refractivity contribution in [1.29, 1.82) is 5.26 Å². The number of fused-ring (bicyclic) bond motifs is 2. The number of hydrogen-bond acceptors (Lipinski definition) is 3. The number of nitrogen functional groups attached to an aromatic ring is 1. The fourth-order valence-electron chi connectivity index (χ4n) is 4.26. The second-order valence-electron chi connectivity index (χ2n) is 6.48. The number of rotatable bonds is 1. The van der Waals surface area contributed by atoms with E-state index in [1.54, 1.807) is 0 Å². The maximum absolute atomic E-state index is 9.29. The molecule has 20 heavy (non-hydrogen) atoms. The summed E-state index contributed by atoms with van der Waals surface area (Å²) in [4.78, 5) is 2.56. The zero-order valence-corrected chi connectivity index (χ0v) is 12.7. The van der Waals surface area contributed by atoms with E-state index >= 15 is 0 Å². The first-order valence-corrected chi connectivity index (χ1v) is 7.63. The van der Waals surface area contributed by atoms with Crippen molar-refractivity contribution in [3.63, 3.8) is 0 Å². The number of anilines is 1. The standard InChI is InChI=1S/C16H24N4/c1-10-11(2)20(16(18)15(10)9-17)14-7-12-5-4-6-13(8-14)19(12)3/h12-14H,4-8,18H2,1-3H3. The van der Waals surface area contributed by atoms with Crippen molar-refractivity contribution < 1.29 is 0 Å². The highest BCUT2D eigenvalue weighted by atomic mass is 15.2. The van der Waals surface area contributed by atoms with Crippen LogP contribution in [0.25, 0.3) is 0 Å². The molecule has 2 bridgehead atoms. The number of nitriles is 1. The van der Waals surface area contributed by atoms with Crippen molar-refractivity contribution >= 4 is 5.82 Å². The Balaban J connectivity index is 1.97. The van der Waals surface area contributed by atoms with Gasteiger partial charge in [-0.1, -0.05) is 6.42 Å². The van der Waals surface area contributed by atoms with E-state index in [9.17, 15) is 5.26 Å². The van der Waals surface area contributed by atoms with E-state index in [-0.39, 0.29) is 0 Å². The van der Waals surface area contributed by atoms with Crippen molar-refractivity contribution in [3.8, 4) is 6.07 Å². The number of piperidine rings is 2. The molecular formula is C16H24N4. The van der Waals surface area contributed by atoms with Gasteiger partial charge < -0.3 is 15.2 Å². The van der Waals surface area contributed by atoms with Gasteiger partial charge in [0.05, 0.1) is 5.56 Å². The molecule has 2 atom stereocenters. The molecule has 1 aromatic rings. The summed E-state index contributed by atoms with van der Waals surface area (Å²) >= 11 is 0. The van der Waals surface area contributed by atoms with Crippen LogP contribution in [0.3, 0.4) is 0 Å². The van der Waals surface area contributed by atoms with Crippen LogP contribution in [0.5, 0.6) is 0 Å². The highest BCUT2D eigenvalue weighted by molar-refractivity contribution is 5.58. The van der Waals surface area contributed by atoms with Crippen LogP contribution < -0.4 is 5.73 Å². The maximum Gasteiger partial charge on any atom is 0.122 e. The summed E-state index contributed by atoms with van der Waals surface area (Å²) in [6.07, 6.45) is 6.28. The maximum atomic E-state index is 9.29. The Kier molecular flexibility index (Phi) is 3.25. The van der Waals surface area contributed by atoms with Crippen LogP contribution in [0, 0.1) is 25.2 Å². The molecule has 0 aromatic carbocycles. The lowest BCUT2D eigenvalue weighted by Crippen LogP contribution is -2.50. The van der Waals surface area contributed by atoms with Gasteiger partial charge >= 0.3 is 0 Å². The molecular weight excluding hydrogens is 248 g/mol. The molecule has 4 heteroatoms. The SMILES string of the molecule is Cc1c(C#N)c(N)n(C2CC3CCCC(C2)N3C)c1C. The van der Waals surface area contributed by atoms with Crippen LogP contribution in [0.1, 0.15) is 55.0 Å². The van der Waals surface area contributed by atoms with Gasteiger partial charge in [-0.15, -0.1) is 0 Å². The minimum Gasteiger partial charge on any atom is -0.384 e. The molecule has 0 radical (unpaired) electrons. The highest BCUT2D eigenvalue weighted by Gasteiger charge is 2.37. The summed E-state index contributed by atoms with van der Waals surface area (Å²) < 4.78 is 2.24. The van der Waals surface area contributed by atoms with Crippen LogP contribution in [-0.4, -0.2) is 28.6 Å². The Bertz CT molecular complexity index is 552. The van der Waals surface area contributed by atoms with Gasteiger partial charge in [0.2, 0.25) is 0 Å². The minimum absolute atomic E-state index is 0.460. The van der Waals surface area contributed by atoms with Gasteiger partial charge in [-0.2, -0.15) is 5.26 Å². The van der Waals surface area contributed by atoms with E-state index in [1.807, 2.05) is 6.92 Å². The van der Waals surface area contributed by atoms with Crippen molar-refractivity contribution in [2.45, 2.75) is 64.1 Å². The molecule has 4 nitrogen and oxygen atoms in total. The van der Waals surface area contributed by atoms with Crippen LogP contribution in [0.15, 0.2) is 0 Å². The zero-order chi connectivity index (χ0) is 14.4. The smallest absolute Gasteiger partial charge is 0.122 e. The van der Waals surface area contributed by atoms with Gasteiger partial charge in [0.1, 0.15) is 11.9 Å². The fourth-order valence-corrected chi connectivity index (χ4v) is 4.26. The van der Waals surface area contributed by atoms with Crippen molar-refractivity contribution in [3.05, 3.63) is 16.8 Å². The molecule has 2 unspecified atom stereocenters. The predicted molar refractivity (Wildman–Crippen MR) is 80.5 cm³/mol. The minimum atomic E-state index is 0.460. The average molecular weight is 272 g/mol. The first-order chi connectivity index (χ1) is 9.54. The second-order valence-corrected chi connectivity index (χ2v) is 6.48. The molecule has 0 amide bonds. The van der Waals surface area contributed by atoms with Crippen LogP contribution in [0.4, 0.5) is 5.82 Å². The Labute approximate surface area is 121 Å². The third-order valence-electron chi connectivity index (χ3n) is 5.59. The van der Waals surface area contributed by atoms with E-state index in [4.69, 9.17) is 5.73 Å². The van der Waals surface area contributed by atoms with Crippen LogP contribution >= 0.6 is 0 Å². The van der Waals surface area contributed by atoms with Crippen LogP contribution in [0.2, 0.25) is 0 Å². The average Bonchev–Trinajstić information content (AvgIpc) is 2.60. The Morgan fingerprint density at radius 2 is 1.75 bits per heavy atom. The monoisotopic (exact) mass is 272 g/mol. The number of hydrogen-bond donors (Lipinski definition) is 1. The molecule has 0 saturated carbocycles. The lowest BCUT2D eigenvalue weighted by molar-refractivity contribution is 0.0402. The molecule has 3 heterocycles. The van der Waals surface area contributed by atoms with Gasteiger partial charge in [-0.05, 0) is 52.1 Å². The topological polar surface area (TPSA) is 58.0 Å². The molecule has 108 valence electrons. The molecule has 2 N–H and O–H groups in total. The zero-order valence-electron chi connectivity index (χ0n) is 12.7. The highest BCUT2D eigenvalue weighted by Crippen LogP contribution is 2.41. The summed E-state index contributed by atoms with van der Waals surface area (Å²) in [6.45, 7) is 4.11. The van der Waals surface area contributed by atoms with Crippen molar-refractivity contribution in [1.82, 2.24) is 9.47 Å². The van der Waals surface area contributed by atoms with Gasteiger partial charge in [-0.3, -0.25) is 0 Å².